The monoisotopic (exact) mass is 249 g/mol. The van der Waals surface area contributed by atoms with Gasteiger partial charge in [0, 0.05) is 5.69 Å². The van der Waals surface area contributed by atoms with Gasteiger partial charge in [0.2, 0.25) is 5.91 Å². The van der Waals surface area contributed by atoms with E-state index in [-0.39, 0.29) is 24.2 Å². The van der Waals surface area contributed by atoms with Crippen LogP contribution in [-0.4, -0.2) is 17.8 Å². The minimum atomic E-state index is -0.289. The smallest absolute Gasteiger partial charge is 0.231 e. The van der Waals surface area contributed by atoms with Crippen LogP contribution in [0, 0.1) is 6.92 Å². The molecule has 4 nitrogen and oxygen atoms in total. The quantitative estimate of drug-likeness (QED) is 0.816. The summed E-state index contributed by atoms with van der Waals surface area (Å²) in [6, 6.07) is 5.45. The molecule has 0 heterocycles. The lowest BCUT2D eigenvalue weighted by atomic mass is 10.2. The second kappa shape index (κ2) is 6.19. The first-order chi connectivity index (χ1) is 8.38. The molecule has 0 spiro atoms. The van der Waals surface area contributed by atoms with E-state index in [1.165, 1.54) is 6.92 Å². The van der Waals surface area contributed by atoms with Crippen LogP contribution in [-0.2, 0) is 9.59 Å². The van der Waals surface area contributed by atoms with Crippen molar-refractivity contribution in [1.29, 1.82) is 0 Å². The number of carbonyl (C=O) groups excluding carboxylic acids is 2. The van der Waals surface area contributed by atoms with Crippen molar-refractivity contribution in [3.8, 4) is 5.75 Å². The first-order valence-corrected chi connectivity index (χ1v) is 5.95. The molecular weight excluding hydrogens is 230 g/mol. The van der Waals surface area contributed by atoms with Gasteiger partial charge < -0.3 is 10.1 Å². The van der Waals surface area contributed by atoms with Gasteiger partial charge in [-0.25, -0.2) is 0 Å². The normalized spacial score (nSPS) is 10.3. The van der Waals surface area contributed by atoms with Crippen LogP contribution in [0.4, 0.5) is 5.69 Å². The molecule has 0 saturated heterocycles. The van der Waals surface area contributed by atoms with Gasteiger partial charge in [0.15, 0.2) is 0 Å². The molecule has 0 aromatic heterocycles. The third-order valence-electron chi connectivity index (χ3n) is 2.25. The zero-order valence-corrected chi connectivity index (χ0v) is 11.2. The fourth-order valence-electron chi connectivity index (χ4n) is 1.54. The van der Waals surface area contributed by atoms with Gasteiger partial charge in [0.1, 0.15) is 11.5 Å². The van der Waals surface area contributed by atoms with E-state index >= 15 is 0 Å². The van der Waals surface area contributed by atoms with Gasteiger partial charge in [-0.3, -0.25) is 9.59 Å². The molecule has 0 bridgehead atoms. The Balaban J connectivity index is 2.73. The van der Waals surface area contributed by atoms with E-state index in [1.807, 2.05) is 26.8 Å². The first kappa shape index (κ1) is 14.2. The molecule has 0 aliphatic rings. The highest BCUT2D eigenvalue weighted by Gasteiger charge is 2.08. The second-order valence-corrected chi connectivity index (χ2v) is 4.57. The average molecular weight is 249 g/mol. The number of ether oxygens (including phenoxy) is 1. The van der Waals surface area contributed by atoms with Crippen LogP contribution in [0.2, 0.25) is 0 Å². The highest BCUT2D eigenvalue weighted by Crippen LogP contribution is 2.22. The summed E-state index contributed by atoms with van der Waals surface area (Å²) in [5.41, 5.74) is 1.61. The van der Waals surface area contributed by atoms with E-state index in [1.54, 1.807) is 12.1 Å². The van der Waals surface area contributed by atoms with Crippen LogP contribution in [0.15, 0.2) is 18.2 Å². The number of hydrogen-bond acceptors (Lipinski definition) is 3. The fraction of sp³-hybridized carbons (Fsp3) is 0.429. The number of Topliss-reactive ketones (excluding diaryl/α,β-unsaturated/α-hetero) is 1. The molecule has 1 aromatic carbocycles. The topological polar surface area (TPSA) is 55.4 Å². The minimum absolute atomic E-state index is 0.0936. The molecule has 0 radical (unpaired) electrons. The molecule has 0 unspecified atom stereocenters. The van der Waals surface area contributed by atoms with Crippen molar-refractivity contribution in [3.05, 3.63) is 23.8 Å². The maximum absolute atomic E-state index is 11.5. The van der Waals surface area contributed by atoms with Crippen LogP contribution in [0.5, 0.6) is 5.75 Å². The Morgan fingerprint density at radius 3 is 2.50 bits per heavy atom. The number of nitrogens with one attached hydrogen (secondary N) is 1. The van der Waals surface area contributed by atoms with E-state index in [0.29, 0.717) is 5.69 Å². The zero-order chi connectivity index (χ0) is 13.7. The van der Waals surface area contributed by atoms with Crippen molar-refractivity contribution < 1.29 is 14.3 Å². The van der Waals surface area contributed by atoms with Gasteiger partial charge in [-0.15, -0.1) is 0 Å². The highest BCUT2D eigenvalue weighted by atomic mass is 16.5. The Labute approximate surface area is 107 Å². The van der Waals surface area contributed by atoms with Gasteiger partial charge in [-0.1, -0.05) is 0 Å². The SMILES string of the molecule is CC(=O)CC(=O)Nc1ccc(OC(C)C)cc1C. The van der Waals surface area contributed by atoms with Crippen LogP contribution in [0.25, 0.3) is 0 Å². The van der Waals surface area contributed by atoms with Crippen molar-refractivity contribution in [3.63, 3.8) is 0 Å². The molecule has 0 atom stereocenters. The molecular formula is C14H19NO3. The molecule has 18 heavy (non-hydrogen) atoms. The Kier molecular flexibility index (Phi) is 4.89. The number of carbonyl (C=O) groups is 2. The largest absolute Gasteiger partial charge is 0.491 e. The van der Waals surface area contributed by atoms with E-state index in [9.17, 15) is 9.59 Å². The maximum atomic E-state index is 11.5. The zero-order valence-electron chi connectivity index (χ0n) is 11.2. The molecule has 98 valence electrons. The summed E-state index contributed by atoms with van der Waals surface area (Å²) in [7, 11) is 0. The van der Waals surface area contributed by atoms with Crippen molar-refractivity contribution in [2.45, 2.75) is 40.2 Å². The van der Waals surface area contributed by atoms with Crippen LogP contribution in [0.3, 0.4) is 0 Å². The lowest BCUT2D eigenvalue weighted by molar-refractivity contribution is -0.124. The average Bonchev–Trinajstić information content (AvgIpc) is 2.20. The number of ketones is 1. The molecule has 1 amide bonds. The molecule has 0 fully saturated rings. The van der Waals surface area contributed by atoms with Crippen molar-refractivity contribution in [2.24, 2.45) is 0 Å². The third kappa shape index (κ3) is 4.57. The Hall–Kier alpha value is -1.84. The van der Waals surface area contributed by atoms with Gasteiger partial charge in [-0.05, 0) is 51.5 Å². The van der Waals surface area contributed by atoms with Gasteiger partial charge in [0.05, 0.1) is 12.5 Å². The van der Waals surface area contributed by atoms with Gasteiger partial charge >= 0.3 is 0 Å². The summed E-state index contributed by atoms with van der Waals surface area (Å²) in [6.45, 7) is 7.19. The van der Waals surface area contributed by atoms with Gasteiger partial charge in [0.25, 0.3) is 0 Å². The summed E-state index contributed by atoms with van der Waals surface area (Å²) in [5, 5.41) is 2.71. The summed E-state index contributed by atoms with van der Waals surface area (Å²) < 4.78 is 5.55. The standard InChI is InChI=1S/C14H19NO3/c1-9(2)18-12-5-6-13(10(3)7-12)15-14(17)8-11(4)16/h5-7,9H,8H2,1-4H3,(H,15,17). The molecule has 0 aliphatic carbocycles. The molecule has 4 heteroatoms. The fourth-order valence-corrected chi connectivity index (χ4v) is 1.54. The van der Waals surface area contributed by atoms with Gasteiger partial charge in [-0.2, -0.15) is 0 Å². The molecule has 1 N–H and O–H groups in total. The predicted molar refractivity (Wildman–Crippen MR) is 70.9 cm³/mol. The molecule has 1 rings (SSSR count). The Bertz CT molecular complexity index is 452. The predicted octanol–water partition coefficient (Wildman–Crippen LogP) is 2.70. The second-order valence-electron chi connectivity index (χ2n) is 4.57. The molecule has 1 aromatic rings. The number of anilines is 1. The number of aryl methyl sites for hydroxylation is 1. The van der Waals surface area contributed by atoms with E-state index < -0.39 is 0 Å². The summed E-state index contributed by atoms with van der Waals surface area (Å²) in [6.07, 6.45) is 0.0199. The van der Waals surface area contributed by atoms with Crippen molar-refractivity contribution >= 4 is 17.4 Å². The van der Waals surface area contributed by atoms with Crippen LogP contribution in [0.1, 0.15) is 32.8 Å². The maximum Gasteiger partial charge on any atom is 0.231 e. The summed E-state index contributed by atoms with van der Waals surface area (Å²) in [5.74, 6) is 0.333. The Morgan fingerprint density at radius 1 is 1.33 bits per heavy atom. The number of benzene rings is 1. The lowest BCUT2D eigenvalue weighted by Gasteiger charge is -2.13. The van der Waals surface area contributed by atoms with Crippen molar-refractivity contribution in [1.82, 2.24) is 0 Å². The number of amides is 1. The number of rotatable bonds is 5. The molecule has 0 saturated carbocycles. The lowest BCUT2D eigenvalue weighted by Crippen LogP contribution is -2.15. The summed E-state index contributed by atoms with van der Waals surface area (Å²) >= 11 is 0. The van der Waals surface area contributed by atoms with Crippen molar-refractivity contribution in [2.75, 3.05) is 5.32 Å². The van der Waals surface area contributed by atoms with E-state index in [2.05, 4.69) is 5.32 Å². The van der Waals surface area contributed by atoms with Crippen LogP contribution < -0.4 is 10.1 Å². The number of hydrogen-bond donors (Lipinski definition) is 1. The third-order valence-corrected chi connectivity index (χ3v) is 2.25. The highest BCUT2D eigenvalue weighted by molar-refractivity contribution is 6.03. The van der Waals surface area contributed by atoms with Crippen LogP contribution >= 0.6 is 0 Å². The van der Waals surface area contributed by atoms with E-state index in [0.717, 1.165) is 11.3 Å². The minimum Gasteiger partial charge on any atom is -0.491 e. The first-order valence-electron chi connectivity index (χ1n) is 5.95. The van der Waals surface area contributed by atoms with E-state index in [4.69, 9.17) is 4.74 Å². The summed E-state index contributed by atoms with van der Waals surface area (Å²) in [4.78, 5) is 22.3. The Morgan fingerprint density at radius 2 is 2.00 bits per heavy atom. The molecule has 0 aliphatic heterocycles.